The zero-order chi connectivity index (χ0) is 20.2. The third-order valence-corrected chi connectivity index (χ3v) is 5.58. The summed E-state index contributed by atoms with van der Waals surface area (Å²) in [6.45, 7) is 0. The fourth-order valence-electron chi connectivity index (χ4n) is 3.59. The zero-order valence-corrected chi connectivity index (χ0v) is 17.0. The Bertz CT molecular complexity index is 1180. The van der Waals surface area contributed by atoms with Crippen LogP contribution in [0.4, 0.5) is 11.4 Å². The van der Waals surface area contributed by atoms with Crippen molar-refractivity contribution < 1.29 is 9.63 Å². The van der Waals surface area contributed by atoms with Gasteiger partial charge in [0.25, 0.3) is 5.91 Å². The molecule has 29 heavy (non-hydrogen) atoms. The Morgan fingerprint density at radius 1 is 0.897 bits per heavy atom. The van der Waals surface area contributed by atoms with E-state index in [-0.39, 0.29) is 5.91 Å². The van der Waals surface area contributed by atoms with Crippen LogP contribution in [0.15, 0.2) is 71.9 Å². The van der Waals surface area contributed by atoms with Gasteiger partial charge in [0.15, 0.2) is 5.84 Å². The number of nitrogens with zero attached hydrogens (tertiary/aromatic N) is 2. The number of carbonyl (C=O) groups excluding carboxylic acids is 1. The van der Waals surface area contributed by atoms with E-state index in [1.807, 2.05) is 12.1 Å². The molecule has 3 aromatic rings. The highest BCUT2D eigenvalue weighted by molar-refractivity contribution is 6.32. The average Bonchev–Trinajstić information content (AvgIpc) is 3.23. The molecule has 0 bridgehead atoms. The maximum absolute atomic E-state index is 13.2. The monoisotopic (exact) mass is 443 g/mol. The molecule has 0 saturated heterocycles. The van der Waals surface area contributed by atoms with E-state index in [0.29, 0.717) is 43.4 Å². The number of rotatable bonds is 2. The molecule has 0 fully saturated rings. The highest BCUT2D eigenvalue weighted by atomic mass is 35.5. The fourth-order valence-corrected chi connectivity index (χ4v) is 4.08. The van der Waals surface area contributed by atoms with Crippen molar-refractivity contribution in [2.45, 2.75) is 5.72 Å². The Morgan fingerprint density at radius 2 is 1.62 bits per heavy atom. The summed E-state index contributed by atoms with van der Waals surface area (Å²) < 4.78 is 0. The molecule has 144 valence electrons. The van der Waals surface area contributed by atoms with Crippen molar-refractivity contribution in [3.8, 4) is 0 Å². The first-order valence-corrected chi connectivity index (χ1v) is 9.82. The predicted octanol–water partition coefficient (Wildman–Crippen LogP) is 5.65. The van der Waals surface area contributed by atoms with E-state index in [1.54, 1.807) is 59.5 Å². The largest absolute Gasteiger partial charge is 0.349 e. The molecule has 8 heteroatoms. The highest BCUT2D eigenvalue weighted by Gasteiger charge is 2.60. The number of halogens is 3. The first kappa shape index (κ1) is 18.3. The van der Waals surface area contributed by atoms with Gasteiger partial charge in [0.1, 0.15) is 0 Å². The van der Waals surface area contributed by atoms with Crippen LogP contribution in [-0.2, 0) is 15.4 Å². The SMILES string of the molecule is O=C1Nc2ccc(Cl)cc2[C@]12ON=C(c1cccc(Cl)c1)N2c1ccc(Cl)cc1. The standard InChI is InChI=1S/C21H12Cl3N3O2/c22-13-4-7-16(8-5-13)27-19(12-2-1-3-14(23)10-12)26-29-21(27)17-11-15(24)6-9-18(17)25-20(21)28/h1-11H,(H,25,28)/t21-/m0/s1. The molecule has 1 atom stereocenters. The van der Waals surface area contributed by atoms with Gasteiger partial charge in [-0.1, -0.05) is 52.1 Å². The summed E-state index contributed by atoms with van der Waals surface area (Å²) in [5, 5.41) is 8.75. The van der Waals surface area contributed by atoms with Crippen LogP contribution in [0.3, 0.4) is 0 Å². The number of carbonyl (C=O) groups is 1. The molecule has 0 radical (unpaired) electrons. The molecule has 1 N–H and O–H groups in total. The second kappa shape index (κ2) is 6.66. The Hall–Kier alpha value is -2.73. The van der Waals surface area contributed by atoms with E-state index in [0.717, 1.165) is 0 Å². The second-order valence-electron chi connectivity index (χ2n) is 6.62. The van der Waals surface area contributed by atoms with Crippen molar-refractivity contribution in [2.75, 3.05) is 10.2 Å². The van der Waals surface area contributed by atoms with Gasteiger partial charge in [-0.3, -0.25) is 9.69 Å². The van der Waals surface area contributed by atoms with Gasteiger partial charge >= 0.3 is 5.72 Å². The van der Waals surface area contributed by atoms with E-state index < -0.39 is 5.72 Å². The molecule has 2 aliphatic heterocycles. The fraction of sp³-hybridized carbons (Fsp3) is 0.0476. The van der Waals surface area contributed by atoms with E-state index in [4.69, 9.17) is 39.6 Å². The average molecular weight is 445 g/mol. The van der Waals surface area contributed by atoms with Gasteiger partial charge < -0.3 is 10.2 Å². The van der Waals surface area contributed by atoms with Crippen molar-refractivity contribution in [3.63, 3.8) is 0 Å². The molecule has 1 amide bonds. The van der Waals surface area contributed by atoms with Gasteiger partial charge in [-0.15, -0.1) is 0 Å². The van der Waals surface area contributed by atoms with Gasteiger partial charge in [0, 0.05) is 26.3 Å². The number of nitrogens with one attached hydrogen (secondary N) is 1. The third-order valence-electron chi connectivity index (χ3n) is 4.86. The Morgan fingerprint density at radius 3 is 2.38 bits per heavy atom. The predicted molar refractivity (Wildman–Crippen MR) is 115 cm³/mol. The minimum atomic E-state index is -1.54. The maximum Gasteiger partial charge on any atom is 0.322 e. The number of hydrogen-bond donors (Lipinski definition) is 1. The number of amides is 1. The Balaban J connectivity index is 1.74. The van der Waals surface area contributed by atoms with Crippen LogP contribution in [-0.4, -0.2) is 11.7 Å². The van der Waals surface area contributed by atoms with Crippen LogP contribution in [0.1, 0.15) is 11.1 Å². The first-order chi connectivity index (χ1) is 14.0. The molecular formula is C21H12Cl3N3O2. The molecule has 0 unspecified atom stereocenters. The summed E-state index contributed by atoms with van der Waals surface area (Å²) in [6, 6.07) is 19.4. The van der Waals surface area contributed by atoms with Gasteiger partial charge in [-0.2, -0.15) is 0 Å². The third kappa shape index (κ3) is 2.77. The summed E-state index contributed by atoms with van der Waals surface area (Å²) in [5.74, 6) is 0.0725. The lowest BCUT2D eigenvalue weighted by molar-refractivity contribution is -0.137. The van der Waals surface area contributed by atoms with Gasteiger partial charge in [0.05, 0.1) is 11.3 Å². The van der Waals surface area contributed by atoms with Crippen molar-refractivity contribution in [2.24, 2.45) is 5.16 Å². The summed E-state index contributed by atoms with van der Waals surface area (Å²) in [4.78, 5) is 20.8. The molecule has 5 nitrogen and oxygen atoms in total. The minimum Gasteiger partial charge on any atom is -0.349 e. The number of oxime groups is 1. The molecule has 3 aromatic carbocycles. The van der Waals surface area contributed by atoms with Crippen LogP contribution in [0.5, 0.6) is 0 Å². The quantitative estimate of drug-likeness (QED) is 0.556. The Labute approximate surface area is 181 Å². The summed E-state index contributed by atoms with van der Waals surface area (Å²) >= 11 is 18.5. The zero-order valence-electron chi connectivity index (χ0n) is 14.7. The van der Waals surface area contributed by atoms with Crippen LogP contribution in [0, 0.1) is 0 Å². The van der Waals surface area contributed by atoms with Gasteiger partial charge in [0.2, 0.25) is 0 Å². The van der Waals surface area contributed by atoms with E-state index >= 15 is 0 Å². The summed E-state index contributed by atoms with van der Waals surface area (Å²) in [7, 11) is 0. The number of amidine groups is 1. The number of anilines is 2. The Kier molecular flexibility index (Phi) is 4.21. The van der Waals surface area contributed by atoms with Crippen LogP contribution >= 0.6 is 34.8 Å². The summed E-state index contributed by atoms with van der Waals surface area (Å²) in [5.41, 5.74) is 1.03. The number of fused-ring (bicyclic) bond motifs is 2. The molecule has 0 aliphatic carbocycles. The highest BCUT2D eigenvalue weighted by Crippen LogP contribution is 2.48. The molecule has 2 heterocycles. The molecule has 2 aliphatic rings. The van der Waals surface area contributed by atoms with E-state index in [9.17, 15) is 4.79 Å². The van der Waals surface area contributed by atoms with Crippen molar-refractivity contribution >= 4 is 57.9 Å². The van der Waals surface area contributed by atoms with Crippen LogP contribution < -0.4 is 10.2 Å². The minimum absolute atomic E-state index is 0.370. The normalized spacial score (nSPS) is 19.8. The lowest BCUT2D eigenvalue weighted by Gasteiger charge is -2.32. The number of benzene rings is 3. The lowest BCUT2D eigenvalue weighted by Crippen LogP contribution is -2.51. The van der Waals surface area contributed by atoms with E-state index in [1.165, 1.54) is 0 Å². The van der Waals surface area contributed by atoms with Gasteiger partial charge in [-0.05, 0) is 54.6 Å². The van der Waals surface area contributed by atoms with Crippen molar-refractivity contribution in [3.05, 3.63) is 92.9 Å². The van der Waals surface area contributed by atoms with Crippen molar-refractivity contribution in [1.29, 1.82) is 0 Å². The van der Waals surface area contributed by atoms with E-state index in [2.05, 4.69) is 10.5 Å². The molecular weight excluding hydrogens is 433 g/mol. The van der Waals surface area contributed by atoms with Crippen LogP contribution in [0.25, 0.3) is 0 Å². The molecule has 0 saturated carbocycles. The smallest absolute Gasteiger partial charge is 0.322 e. The molecule has 0 aromatic heterocycles. The topological polar surface area (TPSA) is 53.9 Å². The second-order valence-corrected chi connectivity index (χ2v) is 7.93. The lowest BCUT2D eigenvalue weighted by atomic mass is 10.00. The van der Waals surface area contributed by atoms with Crippen molar-refractivity contribution in [1.82, 2.24) is 0 Å². The summed E-state index contributed by atoms with van der Waals surface area (Å²) in [6.07, 6.45) is 0. The van der Waals surface area contributed by atoms with Crippen LogP contribution in [0.2, 0.25) is 15.1 Å². The molecule has 5 rings (SSSR count). The van der Waals surface area contributed by atoms with Gasteiger partial charge in [-0.25, -0.2) is 0 Å². The first-order valence-electron chi connectivity index (χ1n) is 8.68. The maximum atomic E-state index is 13.2. The molecule has 1 spiro atoms. The number of hydrogen-bond acceptors (Lipinski definition) is 4.